The third-order valence-electron chi connectivity index (χ3n) is 4.05. The van der Waals surface area contributed by atoms with E-state index in [0.29, 0.717) is 9.99 Å². The molecule has 1 amide bonds. The van der Waals surface area contributed by atoms with Gasteiger partial charge in [0.25, 0.3) is 10.0 Å². The molecule has 2 aromatic carbocycles. The highest BCUT2D eigenvalue weighted by Gasteiger charge is 2.37. The summed E-state index contributed by atoms with van der Waals surface area (Å²) in [5.74, 6) is -0.876. The molecule has 144 valence electrons. The predicted molar refractivity (Wildman–Crippen MR) is 101 cm³/mol. The second-order valence-corrected chi connectivity index (χ2v) is 9.62. The molecule has 0 saturated carbocycles. The zero-order valence-electron chi connectivity index (χ0n) is 14.7. The molecule has 2 aromatic rings. The second kappa shape index (κ2) is 6.86. The molecule has 1 fully saturated rings. The van der Waals surface area contributed by atoms with E-state index in [9.17, 15) is 21.6 Å². The molecular weight excluding hydrogens is 392 g/mol. The van der Waals surface area contributed by atoms with Gasteiger partial charge in [-0.3, -0.25) is 9.52 Å². The van der Waals surface area contributed by atoms with Gasteiger partial charge in [-0.15, -0.1) is 0 Å². The van der Waals surface area contributed by atoms with Crippen LogP contribution in [0.25, 0.3) is 0 Å². The molecule has 0 atom stereocenters. The molecule has 1 aliphatic rings. The first-order chi connectivity index (χ1) is 12.6. The number of hydrogen-bond donors (Lipinski definition) is 1. The normalized spacial score (nSPS) is 16.4. The molecular formula is C17H18N2O6S2. The van der Waals surface area contributed by atoms with Gasteiger partial charge in [0, 0.05) is 12.1 Å². The summed E-state index contributed by atoms with van der Waals surface area (Å²) in [6, 6.07) is 10.5. The van der Waals surface area contributed by atoms with Crippen LogP contribution in [0.4, 0.5) is 11.4 Å². The predicted octanol–water partition coefficient (Wildman–Crippen LogP) is 1.87. The Morgan fingerprint density at radius 2 is 1.78 bits per heavy atom. The Morgan fingerprint density at radius 1 is 1.11 bits per heavy atom. The number of nitrogens with zero attached hydrogens (tertiary/aromatic N) is 1. The van der Waals surface area contributed by atoms with Crippen LogP contribution in [0.3, 0.4) is 0 Å². The SMILES string of the molecule is COc1ccc(N2C(=O)CCS2(=O)=O)cc1S(=O)(=O)Nc1ccc(C)cc1. The van der Waals surface area contributed by atoms with Crippen molar-refractivity contribution in [2.24, 2.45) is 0 Å². The van der Waals surface area contributed by atoms with E-state index < -0.39 is 26.0 Å². The van der Waals surface area contributed by atoms with E-state index in [4.69, 9.17) is 4.74 Å². The van der Waals surface area contributed by atoms with Gasteiger partial charge in [-0.1, -0.05) is 17.7 Å². The van der Waals surface area contributed by atoms with Crippen LogP contribution in [0.15, 0.2) is 47.4 Å². The number of amides is 1. The van der Waals surface area contributed by atoms with Crippen LogP contribution < -0.4 is 13.8 Å². The van der Waals surface area contributed by atoms with Crippen LogP contribution in [0, 0.1) is 6.92 Å². The summed E-state index contributed by atoms with van der Waals surface area (Å²) >= 11 is 0. The van der Waals surface area contributed by atoms with Gasteiger partial charge in [0.1, 0.15) is 10.6 Å². The highest BCUT2D eigenvalue weighted by Crippen LogP contribution is 2.33. The molecule has 27 heavy (non-hydrogen) atoms. The first-order valence-corrected chi connectivity index (χ1v) is 11.1. The van der Waals surface area contributed by atoms with Crippen LogP contribution in [0.2, 0.25) is 0 Å². The molecule has 10 heteroatoms. The summed E-state index contributed by atoms with van der Waals surface area (Å²) in [5, 5.41) is 0. The Kier molecular flexibility index (Phi) is 4.87. The van der Waals surface area contributed by atoms with Crippen molar-refractivity contribution in [3.8, 4) is 5.75 Å². The Hall–Kier alpha value is -2.59. The van der Waals surface area contributed by atoms with Gasteiger partial charge in [0.2, 0.25) is 15.9 Å². The summed E-state index contributed by atoms with van der Waals surface area (Å²) in [6.07, 6.45) is -0.141. The molecule has 0 spiro atoms. The molecule has 1 saturated heterocycles. The van der Waals surface area contributed by atoms with E-state index in [1.54, 1.807) is 24.3 Å². The third kappa shape index (κ3) is 3.76. The minimum atomic E-state index is -4.08. The molecule has 1 N–H and O–H groups in total. The minimum absolute atomic E-state index is 0.0300. The molecule has 8 nitrogen and oxygen atoms in total. The van der Waals surface area contributed by atoms with E-state index in [1.165, 1.54) is 19.2 Å². The Labute approximate surface area is 157 Å². The average Bonchev–Trinajstić information content (AvgIpc) is 2.89. The van der Waals surface area contributed by atoms with Crippen LogP contribution in [0.5, 0.6) is 5.75 Å². The van der Waals surface area contributed by atoms with Crippen molar-refractivity contribution in [1.29, 1.82) is 0 Å². The smallest absolute Gasteiger partial charge is 0.265 e. The van der Waals surface area contributed by atoms with Crippen molar-refractivity contribution >= 4 is 37.3 Å². The summed E-state index contributed by atoms with van der Waals surface area (Å²) in [4.78, 5) is 11.7. The maximum Gasteiger partial charge on any atom is 0.265 e. The van der Waals surface area contributed by atoms with Gasteiger partial charge in [-0.2, -0.15) is 0 Å². The minimum Gasteiger partial charge on any atom is -0.495 e. The number of carbonyl (C=O) groups excluding carboxylic acids is 1. The quantitative estimate of drug-likeness (QED) is 0.806. The number of aryl methyl sites for hydroxylation is 1. The Morgan fingerprint density at radius 3 is 2.33 bits per heavy atom. The third-order valence-corrected chi connectivity index (χ3v) is 7.15. The van der Waals surface area contributed by atoms with Crippen molar-refractivity contribution in [3.63, 3.8) is 0 Å². The highest BCUT2D eigenvalue weighted by atomic mass is 32.2. The molecule has 0 radical (unpaired) electrons. The van der Waals surface area contributed by atoms with Gasteiger partial charge in [0.05, 0.1) is 18.6 Å². The fourth-order valence-corrected chi connectivity index (χ4v) is 5.40. The number of carbonyl (C=O) groups is 1. The van der Waals surface area contributed by atoms with Crippen molar-refractivity contribution in [3.05, 3.63) is 48.0 Å². The van der Waals surface area contributed by atoms with Crippen molar-refractivity contribution in [2.45, 2.75) is 18.2 Å². The van der Waals surface area contributed by atoms with E-state index in [2.05, 4.69) is 4.72 Å². The molecule has 0 bridgehead atoms. The van der Waals surface area contributed by atoms with Crippen LogP contribution in [0.1, 0.15) is 12.0 Å². The second-order valence-electron chi connectivity index (χ2n) is 6.03. The zero-order chi connectivity index (χ0) is 19.8. The number of ether oxygens (including phenoxy) is 1. The van der Waals surface area contributed by atoms with Crippen LogP contribution in [-0.4, -0.2) is 35.6 Å². The van der Waals surface area contributed by atoms with Gasteiger partial charge < -0.3 is 4.74 Å². The van der Waals surface area contributed by atoms with Gasteiger partial charge in [0.15, 0.2) is 0 Å². The molecule has 0 aromatic heterocycles. The monoisotopic (exact) mass is 410 g/mol. The number of benzene rings is 2. The fraction of sp³-hybridized carbons (Fsp3) is 0.235. The van der Waals surface area contributed by atoms with E-state index in [0.717, 1.165) is 11.6 Å². The van der Waals surface area contributed by atoms with Crippen molar-refractivity contribution in [2.75, 3.05) is 21.9 Å². The molecule has 1 heterocycles. The summed E-state index contributed by atoms with van der Waals surface area (Å²) in [7, 11) is -6.59. The van der Waals surface area contributed by atoms with Gasteiger partial charge >= 0.3 is 0 Å². The maximum atomic E-state index is 12.8. The number of hydrogen-bond acceptors (Lipinski definition) is 6. The van der Waals surface area contributed by atoms with Gasteiger partial charge in [-0.05, 0) is 37.3 Å². The fourth-order valence-electron chi connectivity index (χ4n) is 2.70. The molecule has 0 unspecified atom stereocenters. The number of methoxy groups -OCH3 is 1. The lowest BCUT2D eigenvalue weighted by Gasteiger charge is -2.18. The number of rotatable bonds is 5. The lowest BCUT2D eigenvalue weighted by molar-refractivity contribution is -0.116. The van der Waals surface area contributed by atoms with E-state index >= 15 is 0 Å². The first kappa shape index (κ1) is 19.2. The topological polar surface area (TPSA) is 110 Å². The number of anilines is 2. The maximum absolute atomic E-state index is 12.8. The average molecular weight is 410 g/mol. The number of sulfonamides is 2. The largest absolute Gasteiger partial charge is 0.495 e. The summed E-state index contributed by atoms with van der Waals surface area (Å²) in [6.45, 7) is 1.87. The molecule has 3 rings (SSSR count). The van der Waals surface area contributed by atoms with E-state index in [1.807, 2.05) is 6.92 Å². The zero-order valence-corrected chi connectivity index (χ0v) is 16.3. The Balaban J connectivity index is 2.06. The highest BCUT2D eigenvalue weighted by molar-refractivity contribution is 7.94. The van der Waals surface area contributed by atoms with E-state index in [-0.39, 0.29) is 28.5 Å². The summed E-state index contributed by atoms with van der Waals surface area (Å²) in [5.41, 5.74) is 1.27. The summed E-state index contributed by atoms with van der Waals surface area (Å²) < 4.78 is 58.1. The molecule has 1 aliphatic heterocycles. The van der Waals surface area contributed by atoms with Crippen molar-refractivity contribution < 1.29 is 26.4 Å². The number of nitrogens with one attached hydrogen (secondary N) is 1. The Bertz CT molecular complexity index is 1090. The van der Waals surface area contributed by atoms with Crippen LogP contribution >= 0.6 is 0 Å². The van der Waals surface area contributed by atoms with Crippen molar-refractivity contribution in [1.82, 2.24) is 0 Å². The van der Waals surface area contributed by atoms with Gasteiger partial charge in [-0.25, -0.2) is 21.1 Å². The lowest BCUT2D eigenvalue weighted by Crippen LogP contribution is -2.29. The lowest BCUT2D eigenvalue weighted by atomic mass is 10.2. The van der Waals surface area contributed by atoms with Crippen LogP contribution in [-0.2, 0) is 24.8 Å². The molecule has 0 aliphatic carbocycles. The standard InChI is InChI=1S/C17H18N2O6S2/c1-12-3-5-13(6-4-12)18-27(23,24)16-11-14(7-8-15(16)25-2)19-17(20)9-10-26(19,21)22/h3-8,11,18H,9-10H2,1-2H3. The first-order valence-electron chi connectivity index (χ1n) is 7.97.